The van der Waals surface area contributed by atoms with Crippen molar-refractivity contribution in [2.24, 2.45) is 5.41 Å². The molecule has 1 aliphatic rings. The van der Waals surface area contributed by atoms with Crippen LogP contribution in [0, 0.1) is 17.0 Å². The monoisotopic (exact) mass is 331 g/mol. The lowest BCUT2D eigenvalue weighted by atomic mass is 9.72. The van der Waals surface area contributed by atoms with Crippen molar-refractivity contribution in [2.45, 2.75) is 39.5 Å². The number of hydrogen-bond acceptors (Lipinski definition) is 1. The first-order valence-electron chi connectivity index (χ1n) is 6.91. The second kappa shape index (κ2) is 5.78. The highest BCUT2D eigenvalue weighted by atomic mass is 79.9. The fraction of sp³-hybridized carbons (Fsp3) is 0.600. The Morgan fingerprint density at radius 1 is 1.11 bits per heavy atom. The number of nitrogens with zero attached hydrogens (tertiary/aromatic N) is 1. The summed E-state index contributed by atoms with van der Waals surface area (Å²) in [5.74, 6) is -0.957. The van der Waals surface area contributed by atoms with Gasteiger partial charge < -0.3 is 4.90 Å². The van der Waals surface area contributed by atoms with Crippen molar-refractivity contribution in [2.75, 3.05) is 18.0 Å². The summed E-state index contributed by atoms with van der Waals surface area (Å²) in [5, 5.41) is 0. The third kappa shape index (κ3) is 2.93. The van der Waals surface area contributed by atoms with Gasteiger partial charge in [0.2, 0.25) is 0 Å². The van der Waals surface area contributed by atoms with Crippen molar-refractivity contribution in [3.05, 3.63) is 28.2 Å². The summed E-state index contributed by atoms with van der Waals surface area (Å²) in [7, 11) is 0. The lowest BCUT2D eigenvalue weighted by Gasteiger charge is -2.52. The lowest BCUT2D eigenvalue weighted by molar-refractivity contribution is 0.171. The van der Waals surface area contributed by atoms with Gasteiger partial charge in [0.1, 0.15) is 5.69 Å². The zero-order chi connectivity index (χ0) is 14.0. The second-order valence-electron chi connectivity index (χ2n) is 5.57. The van der Waals surface area contributed by atoms with E-state index in [0.717, 1.165) is 38.8 Å². The number of benzene rings is 1. The SMILES string of the molecule is CCCC1(CCC)CN(c2c(F)cc(Br)cc2F)C1. The molecular weight excluding hydrogens is 312 g/mol. The molecule has 1 aliphatic heterocycles. The van der Waals surface area contributed by atoms with Crippen molar-refractivity contribution < 1.29 is 8.78 Å². The maximum absolute atomic E-state index is 13.9. The Kier molecular flexibility index (Phi) is 4.49. The van der Waals surface area contributed by atoms with Gasteiger partial charge in [0.15, 0.2) is 11.6 Å². The normalized spacial score (nSPS) is 17.4. The van der Waals surface area contributed by atoms with Crippen LogP contribution in [-0.2, 0) is 0 Å². The molecule has 1 aromatic rings. The van der Waals surface area contributed by atoms with Gasteiger partial charge in [0.25, 0.3) is 0 Å². The molecule has 2 rings (SSSR count). The minimum absolute atomic E-state index is 0.131. The van der Waals surface area contributed by atoms with Crippen LogP contribution in [0.25, 0.3) is 0 Å². The van der Waals surface area contributed by atoms with Gasteiger partial charge in [-0.2, -0.15) is 0 Å². The van der Waals surface area contributed by atoms with E-state index < -0.39 is 11.6 Å². The van der Waals surface area contributed by atoms with E-state index in [4.69, 9.17) is 0 Å². The first-order chi connectivity index (χ1) is 9.01. The molecule has 0 unspecified atom stereocenters. The average molecular weight is 332 g/mol. The first-order valence-corrected chi connectivity index (χ1v) is 7.70. The van der Waals surface area contributed by atoms with Crippen LogP contribution in [0.15, 0.2) is 16.6 Å². The Labute approximate surface area is 122 Å². The Balaban J connectivity index is 2.15. The molecule has 0 N–H and O–H groups in total. The molecule has 19 heavy (non-hydrogen) atoms. The van der Waals surface area contributed by atoms with Crippen LogP contribution in [0.3, 0.4) is 0 Å². The van der Waals surface area contributed by atoms with Crippen LogP contribution in [0.1, 0.15) is 39.5 Å². The van der Waals surface area contributed by atoms with Crippen LogP contribution in [0.2, 0.25) is 0 Å². The van der Waals surface area contributed by atoms with Crippen LogP contribution in [-0.4, -0.2) is 13.1 Å². The van der Waals surface area contributed by atoms with Gasteiger partial charge in [0, 0.05) is 23.0 Å². The first kappa shape index (κ1) is 14.8. The van der Waals surface area contributed by atoms with Crippen LogP contribution in [0.4, 0.5) is 14.5 Å². The quantitative estimate of drug-likeness (QED) is 0.722. The summed E-state index contributed by atoms with van der Waals surface area (Å²) in [4.78, 5) is 1.84. The van der Waals surface area contributed by atoms with Gasteiger partial charge in [-0.25, -0.2) is 8.78 Å². The van der Waals surface area contributed by atoms with Crippen LogP contribution >= 0.6 is 15.9 Å². The smallest absolute Gasteiger partial charge is 0.150 e. The molecule has 1 aromatic carbocycles. The summed E-state index contributed by atoms with van der Waals surface area (Å²) < 4.78 is 28.2. The number of rotatable bonds is 5. The van der Waals surface area contributed by atoms with E-state index in [-0.39, 0.29) is 11.1 Å². The maximum atomic E-state index is 13.9. The van der Waals surface area contributed by atoms with E-state index in [0.29, 0.717) is 4.47 Å². The fourth-order valence-electron chi connectivity index (χ4n) is 3.26. The molecule has 1 nitrogen and oxygen atoms in total. The largest absolute Gasteiger partial charge is 0.366 e. The molecule has 0 bridgehead atoms. The van der Waals surface area contributed by atoms with Gasteiger partial charge in [-0.05, 0) is 25.0 Å². The number of anilines is 1. The molecule has 0 saturated carbocycles. The summed E-state index contributed by atoms with van der Waals surface area (Å²) in [6.07, 6.45) is 4.52. The van der Waals surface area contributed by atoms with Gasteiger partial charge in [-0.1, -0.05) is 42.6 Å². The third-order valence-electron chi connectivity index (χ3n) is 3.91. The minimum atomic E-state index is -0.478. The molecule has 0 aromatic heterocycles. The summed E-state index contributed by atoms with van der Waals surface area (Å²) in [6, 6.07) is 2.66. The van der Waals surface area contributed by atoms with E-state index in [9.17, 15) is 8.78 Å². The maximum Gasteiger partial charge on any atom is 0.150 e. The molecule has 1 saturated heterocycles. The molecule has 1 fully saturated rings. The Bertz CT molecular complexity index is 424. The molecule has 0 atom stereocenters. The van der Waals surface area contributed by atoms with E-state index in [2.05, 4.69) is 29.8 Å². The van der Waals surface area contributed by atoms with Crippen molar-refractivity contribution >= 4 is 21.6 Å². The van der Waals surface area contributed by atoms with E-state index in [1.54, 1.807) is 0 Å². The molecule has 0 amide bonds. The predicted molar refractivity (Wildman–Crippen MR) is 78.5 cm³/mol. The van der Waals surface area contributed by atoms with Crippen molar-refractivity contribution in [3.63, 3.8) is 0 Å². The fourth-order valence-corrected chi connectivity index (χ4v) is 3.66. The van der Waals surface area contributed by atoms with Gasteiger partial charge in [0.05, 0.1) is 0 Å². The van der Waals surface area contributed by atoms with Crippen molar-refractivity contribution in [3.8, 4) is 0 Å². The zero-order valence-electron chi connectivity index (χ0n) is 11.5. The topological polar surface area (TPSA) is 3.24 Å². The molecule has 106 valence electrons. The Morgan fingerprint density at radius 3 is 2.00 bits per heavy atom. The Morgan fingerprint density at radius 2 is 1.58 bits per heavy atom. The molecule has 0 spiro atoms. The molecule has 1 heterocycles. The summed E-state index contributed by atoms with van der Waals surface area (Å²) >= 11 is 3.11. The van der Waals surface area contributed by atoms with Crippen LogP contribution in [0.5, 0.6) is 0 Å². The van der Waals surface area contributed by atoms with Gasteiger partial charge in [-0.3, -0.25) is 0 Å². The highest BCUT2D eigenvalue weighted by molar-refractivity contribution is 9.10. The standard InChI is InChI=1S/C15H20BrF2N/c1-3-5-15(6-4-2)9-19(10-15)14-12(17)7-11(16)8-13(14)18/h7-8H,3-6,9-10H2,1-2H3. The summed E-state index contributed by atoms with van der Waals surface area (Å²) in [5.41, 5.74) is 0.390. The zero-order valence-corrected chi connectivity index (χ0v) is 13.1. The number of hydrogen-bond donors (Lipinski definition) is 0. The van der Waals surface area contributed by atoms with Crippen LogP contribution < -0.4 is 4.90 Å². The van der Waals surface area contributed by atoms with E-state index in [1.807, 2.05) is 4.90 Å². The highest BCUT2D eigenvalue weighted by Gasteiger charge is 2.42. The summed E-state index contributed by atoms with van der Waals surface area (Å²) in [6.45, 7) is 5.87. The molecular formula is C15H20BrF2N. The van der Waals surface area contributed by atoms with Crippen molar-refractivity contribution in [1.82, 2.24) is 0 Å². The molecule has 4 heteroatoms. The third-order valence-corrected chi connectivity index (χ3v) is 4.37. The lowest BCUT2D eigenvalue weighted by Crippen LogP contribution is -2.57. The number of halogens is 3. The Hall–Kier alpha value is -0.640. The second-order valence-corrected chi connectivity index (χ2v) is 6.49. The minimum Gasteiger partial charge on any atom is -0.366 e. The predicted octanol–water partition coefficient (Wildman–Crippen LogP) is 5.13. The van der Waals surface area contributed by atoms with Gasteiger partial charge in [-0.15, -0.1) is 0 Å². The highest BCUT2D eigenvalue weighted by Crippen LogP contribution is 2.43. The van der Waals surface area contributed by atoms with E-state index >= 15 is 0 Å². The molecule has 0 aliphatic carbocycles. The average Bonchev–Trinajstić information content (AvgIpc) is 2.25. The van der Waals surface area contributed by atoms with Crippen molar-refractivity contribution in [1.29, 1.82) is 0 Å². The van der Waals surface area contributed by atoms with Gasteiger partial charge >= 0.3 is 0 Å². The molecule has 0 radical (unpaired) electrons. The van der Waals surface area contributed by atoms with E-state index in [1.165, 1.54) is 12.1 Å².